The molecular weight excluding hydrogens is 420 g/mol. The summed E-state index contributed by atoms with van der Waals surface area (Å²) in [7, 11) is 1.16. The van der Waals surface area contributed by atoms with Crippen LogP contribution in [0.1, 0.15) is 11.1 Å². The van der Waals surface area contributed by atoms with Gasteiger partial charge in [-0.15, -0.1) is 0 Å². The Labute approximate surface area is 190 Å². The Hall–Kier alpha value is -4.39. The SMILES string of the molecule is COC(=O)C1(Nc2ccccc2)C(=C(O)c2ccccc2)C(=O)C(=O)N1c1ccc(C)cc1. The van der Waals surface area contributed by atoms with E-state index >= 15 is 0 Å². The van der Waals surface area contributed by atoms with Gasteiger partial charge in [0.15, 0.2) is 0 Å². The molecule has 3 aromatic carbocycles. The quantitative estimate of drug-likeness (QED) is 0.270. The van der Waals surface area contributed by atoms with Crippen molar-refractivity contribution in [3.63, 3.8) is 0 Å². The number of esters is 1. The number of aliphatic hydroxyl groups excluding tert-OH is 1. The molecule has 7 nitrogen and oxygen atoms in total. The monoisotopic (exact) mass is 442 g/mol. The molecule has 1 unspecified atom stereocenters. The number of amides is 1. The largest absolute Gasteiger partial charge is 0.507 e. The molecule has 166 valence electrons. The van der Waals surface area contributed by atoms with Crippen LogP contribution in [0.5, 0.6) is 0 Å². The molecule has 7 heteroatoms. The molecule has 1 heterocycles. The average molecular weight is 442 g/mol. The van der Waals surface area contributed by atoms with Crippen LogP contribution in [0.4, 0.5) is 11.4 Å². The minimum Gasteiger partial charge on any atom is -0.507 e. The van der Waals surface area contributed by atoms with Crippen molar-refractivity contribution < 1.29 is 24.2 Å². The summed E-state index contributed by atoms with van der Waals surface area (Å²) in [5, 5.41) is 14.2. The maximum absolute atomic E-state index is 13.5. The van der Waals surface area contributed by atoms with Gasteiger partial charge in [0.1, 0.15) is 11.3 Å². The summed E-state index contributed by atoms with van der Waals surface area (Å²) in [5.41, 5.74) is -0.597. The summed E-state index contributed by atoms with van der Waals surface area (Å²) >= 11 is 0. The predicted molar refractivity (Wildman–Crippen MR) is 124 cm³/mol. The number of benzene rings is 3. The van der Waals surface area contributed by atoms with Crippen molar-refractivity contribution in [1.82, 2.24) is 0 Å². The predicted octanol–water partition coefficient (Wildman–Crippen LogP) is 3.86. The van der Waals surface area contributed by atoms with Gasteiger partial charge in [0, 0.05) is 16.9 Å². The summed E-state index contributed by atoms with van der Waals surface area (Å²) in [6.45, 7) is 1.88. The fourth-order valence-corrected chi connectivity index (χ4v) is 3.90. The molecular formula is C26H22N2O5. The highest BCUT2D eigenvalue weighted by atomic mass is 16.5. The van der Waals surface area contributed by atoms with Crippen LogP contribution in [0, 0.1) is 6.92 Å². The van der Waals surface area contributed by atoms with E-state index in [2.05, 4.69) is 5.32 Å². The first kappa shape index (κ1) is 21.8. The summed E-state index contributed by atoms with van der Waals surface area (Å²) in [4.78, 5) is 41.2. The van der Waals surface area contributed by atoms with E-state index in [1.54, 1.807) is 84.9 Å². The van der Waals surface area contributed by atoms with Crippen LogP contribution in [-0.4, -0.2) is 35.5 Å². The zero-order valence-electron chi connectivity index (χ0n) is 18.1. The third-order valence-corrected chi connectivity index (χ3v) is 5.48. The molecule has 1 aliphatic heterocycles. The van der Waals surface area contributed by atoms with E-state index in [-0.39, 0.29) is 5.56 Å². The Morgan fingerprint density at radius 1 is 0.909 bits per heavy atom. The van der Waals surface area contributed by atoms with E-state index < -0.39 is 34.7 Å². The Morgan fingerprint density at radius 2 is 1.48 bits per heavy atom. The molecule has 1 fully saturated rings. The number of carbonyl (C=O) groups excluding carboxylic acids is 3. The fraction of sp³-hybridized carbons (Fsp3) is 0.115. The molecule has 0 bridgehead atoms. The van der Waals surface area contributed by atoms with Crippen LogP contribution >= 0.6 is 0 Å². The second-order valence-corrected chi connectivity index (χ2v) is 7.59. The second-order valence-electron chi connectivity index (χ2n) is 7.59. The van der Waals surface area contributed by atoms with Crippen molar-refractivity contribution in [2.45, 2.75) is 12.6 Å². The Kier molecular flexibility index (Phi) is 5.70. The zero-order valence-corrected chi connectivity index (χ0v) is 18.1. The number of Topliss-reactive ketones (excluding diaryl/α,β-unsaturated/α-hetero) is 1. The highest BCUT2D eigenvalue weighted by Crippen LogP contribution is 2.42. The molecule has 3 aromatic rings. The smallest absolute Gasteiger partial charge is 0.358 e. The van der Waals surface area contributed by atoms with Gasteiger partial charge in [-0.25, -0.2) is 4.79 Å². The standard InChI is InChI=1S/C26H22N2O5/c1-17-13-15-20(16-14-17)28-24(31)23(30)21(22(29)18-9-5-3-6-10-18)26(28,25(32)33-2)27-19-11-7-4-8-12-19/h3-16,27,29H,1-2H3. The number of anilines is 2. The Balaban J connectivity index is 2.06. The van der Waals surface area contributed by atoms with E-state index in [9.17, 15) is 19.5 Å². The summed E-state index contributed by atoms with van der Waals surface area (Å²) in [5.74, 6) is -3.39. The van der Waals surface area contributed by atoms with Gasteiger partial charge >= 0.3 is 11.9 Å². The van der Waals surface area contributed by atoms with Gasteiger partial charge in [-0.2, -0.15) is 0 Å². The number of aryl methyl sites for hydroxylation is 1. The number of para-hydroxylation sites is 1. The van der Waals surface area contributed by atoms with Crippen molar-refractivity contribution in [2.24, 2.45) is 0 Å². The third kappa shape index (κ3) is 3.63. The molecule has 0 aromatic heterocycles. The zero-order chi connectivity index (χ0) is 23.6. The molecule has 1 saturated heterocycles. The van der Waals surface area contributed by atoms with Gasteiger partial charge in [-0.1, -0.05) is 66.2 Å². The number of nitrogens with zero attached hydrogens (tertiary/aromatic N) is 1. The van der Waals surface area contributed by atoms with E-state index in [1.807, 2.05) is 6.92 Å². The first-order valence-corrected chi connectivity index (χ1v) is 10.3. The van der Waals surface area contributed by atoms with E-state index in [0.29, 0.717) is 11.4 Å². The minimum atomic E-state index is -2.14. The lowest BCUT2D eigenvalue weighted by atomic mass is 9.94. The molecule has 0 saturated carbocycles. The first-order chi connectivity index (χ1) is 15.9. The number of hydrogen-bond donors (Lipinski definition) is 2. The van der Waals surface area contributed by atoms with Crippen molar-refractivity contribution in [1.29, 1.82) is 0 Å². The van der Waals surface area contributed by atoms with E-state index in [0.717, 1.165) is 17.6 Å². The number of aliphatic hydroxyl groups is 1. The molecule has 1 atom stereocenters. The number of rotatable bonds is 5. The number of ether oxygens (including phenoxy) is 1. The summed E-state index contributed by atoms with van der Waals surface area (Å²) in [6, 6.07) is 23.7. The third-order valence-electron chi connectivity index (χ3n) is 5.48. The van der Waals surface area contributed by atoms with Gasteiger partial charge in [0.05, 0.1) is 7.11 Å². The molecule has 0 spiro atoms. The van der Waals surface area contributed by atoms with Gasteiger partial charge < -0.3 is 15.2 Å². The number of carbonyl (C=O) groups is 3. The van der Waals surface area contributed by atoms with Crippen molar-refractivity contribution in [3.8, 4) is 0 Å². The average Bonchev–Trinajstić information content (AvgIpc) is 3.06. The maximum atomic E-state index is 13.5. The van der Waals surface area contributed by atoms with Crippen molar-refractivity contribution >= 4 is 34.8 Å². The van der Waals surface area contributed by atoms with Crippen LogP contribution < -0.4 is 10.2 Å². The molecule has 1 aliphatic rings. The number of hydrogen-bond acceptors (Lipinski definition) is 6. The summed E-state index contributed by atoms with van der Waals surface area (Å²) < 4.78 is 5.11. The Morgan fingerprint density at radius 3 is 2.06 bits per heavy atom. The number of nitrogens with one attached hydrogen (secondary N) is 1. The second kappa shape index (κ2) is 8.63. The lowest BCUT2D eigenvalue weighted by Crippen LogP contribution is -2.59. The van der Waals surface area contributed by atoms with Gasteiger partial charge in [-0.3, -0.25) is 14.5 Å². The Bertz CT molecular complexity index is 1240. The lowest BCUT2D eigenvalue weighted by molar-refractivity contribution is -0.145. The minimum absolute atomic E-state index is 0.280. The van der Waals surface area contributed by atoms with Gasteiger partial charge in [0.2, 0.25) is 0 Å². The maximum Gasteiger partial charge on any atom is 0.358 e. The van der Waals surface area contributed by atoms with E-state index in [4.69, 9.17) is 4.74 Å². The highest BCUT2D eigenvalue weighted by Gasteiger charge is 2.63. The molecule has 4 rings (SSSR count). The number of ketones is 1. The van der Waals surface area contributed by atoms with Crippen LogP contribution in [0.3, 0.4) is 0 Å². The lowest BCUT2D eigenvalue weighted by Gasteiger charge is -2.37. The molecule has 1 amide bonds. The topological polar surface area (TPSA) is 95.9 Å². The van der Waals surface area contributed by atoms with Crippen molar-refractivity contribution in [2.75, 3.05) is 17.3 Å². The van der Waals surface area contributed by atoms with E-state index in [1.165, 1.54) is 0 Å². The molecule has 0 radical (unpaired) electrons. The molecule has 0 aliphatic carbocycles. The normalized spacial score (nSPS) is 19.4. The fourth-order valence-electron chi connectivity index (χ4n) is 3.90. The van der Waals surface area contributed by atoms with Crippen LogP contribution in [0.15, 0.2) is 90.5 Å². The molecule has 33 heavy (non-hydrogen) atoms. The molecule has 2 N–H and O–H groups in total. The summed E-state index contributed by atoms with van der Waals surface area (Å²) in [6.07, 6.45) is 0. The van der Waals surface area contributed by atoms with Crippen LogP contribution in [0.25, 0.3) is 5.76 Å². The first-order valence-electron chi connectivity index (χ1n) is 10.3. The van der Waals surface area contributed by atoms with Crippen LogP contribution in [-0.2, 0) is 19.1 Å². The number of methoxy groups -OCH3 is 1. The van der Waals surface area contributed by atoms with Gasteiger partial charge in [0.25, 0.3) is 11.4 Å². The van der Waals surface area contributed by atoms with Crippen LogP contribution in [0.2, 0.25) is 0 Å². The van der Waals surface area contributed by atoms with Gasteiger partial charge in [-0.05, 0) is 31.2 Å². The van der Waals surface area contributed by atoms with Crippen molar-refractivity contribution in [3.05, 3.63) is 102 Å². The highest BCUT2D eigenvalue weighted by molar-refractivity contribution is 6.54.